The van der Waals surface area contributed by atoms with Gasteiger partial charge in [0.15, 0.2) is 5.11 Å². The Bertz CT molecular complexity index is 717. The monoisotopic (exact) mass is 406 g/mol. The molecule has 2 N–H and O–H groups in total. The fourth-order valence-corrected chi connectivity index (χ4v) is 2.55. The lowest BCUT2D eigenvalue weighted by molar-refractivity contribution is 0.0976. The Kier molecular flexibility index (Phi) is 6.75. The third kappa shape index (κ3) is 5.94. The Labute approximate surface area is 155 Å². The molecule has 0 aliphatic rings. The third-order valence-corrected chi connectivity index (χ3v) is 3.80. The first-order valence-electron chi connectivity index (χ1n) is 7.54. The van der Waals surface area contributed by atoms with E-state index in [1.165, 1.54) is 0 Å². The van der Waals surface area contributed by atoms with Gasteiger partial charge in [0, 0.05) is 16.6 Å². The Morgan fingerprint density at radius 3 is 2.54 bits per heavy atom. The molecule has 0 saturated carbocycles. The molecule has 2 aromatic rings. The summed E-state index contributed by atoms with van der Waals surface area (Å²) in [7, 11) is 0. The summed E-state index contributed by atoms with van der Waals surface area (Å²) >= 11 is 8.51. The smallest absolute Gasteiger partial charge is 0.257 e. The van der Waals surface area contributed by atoms with Crippen molar-refractivity contribution in [2.24, 2.45) is 0 Å². The highest BCUT2D eigenvalue weighted by Gasteiger charge is 2.08. The van der Waals surface area contributed by atoms with Gasteiger partial charge in [-0.1, -0.05) is 34.1 Å². The molecule has 0 radical (unpaired) electrons. The number of nitrogens with one attached hydrogen (secondary N) is 2. The van der Waals surface area contributed by atoms with Gasteiger partial charge < -0.3 is 10.1 Å². The van der Waals surface area contributed by atoms with Crippen LogP contribution in [-0.4, -0.2) is 17.1 Å². The van der Waals surface area contributed by atoms with E-state index in [-0.39, 0.29) is 12.0 Å². The maximum atomic E-state index is 12.1. The fraction of sp³-hybridized carbons (Fsp3) is 0.222. The largest absolute Gasteiger partial charge is 0.491 e. The third-order valence-electron chi connectivity index (χ3n) is 3.06. The van der Waals surface area contributed by atoms with E-state index < -0.39 is 0 Å². The molecule has 0 aromatic heterocycles. The van der Waals surface area contributed by atoms with E-state index in [9.17, 15) is 4.79 Å². The van der Waals surface area contributed by atoms with E-state index in [0.29, 0.717) is 17.2 Å². The first-order valence-corrected chi connectivity index (χ1v) is 8.74. The Morgan fingerprint density at radius 1 is 1.21 bits per heavy atom. The lowest BCUT2D eigenvalue weighted by Crippen LogP contribution is -2.38. The van der Waals surface area contributed by atoms with Crippen molar-refractivity contribution in [3.63, 3.8) is 0 Å². The average molecular weight is 407 g/mol. The minimum Gasteiger partial charge on any atom is -0.491 e. The highest BCUT2D eigenvalue weighted by molar-refractivity contribution is 9.10. The van der Waals surface area contributed by atoms with Crippen LogP contribution in [0.15, 0.2) is 53.0 Å². The van der Waals surface area contributed by atoms with Crippen LogP contribution < -0.4 is 15.4 Å². The number of amides is 1. The van der Waals surface area contributed by atoms with Crippen LogP contribution in [0, 0.1) is 0 Å². The number of thiocarbonyl (C=S) groups is 1. The van der Waals surface area contributed by atoms with Gasteiger partial charge in [0.2, 0.25) is 0 Å². The molecular weight excluding hydrogens is 388 g/mol. The molecule has 0 aliphatic carbocycles. The van der Waals surface area contributed by atoms with E-state index in [1.807, 2.05) is 44.2 Å². The van der Waals surface area contributed by atoms with E-state index >= 15 is 0 Å². The van der Waals surface area contributed by atoms with Gasteiger partial charge in [-0.3, -0.25) is 10.1 Å². The zero-order valence-corrected chi connectivity index (χ0v) is 15.9. The Balaban J connectivity index is 1.83. The summed E-state index contributed by atoms with van der Waals surface area (Å²) in [4.78, 5) is 12.1. The van der Waals surface area contributed by atoms with Crippen molar-refractivity contribution < 1.29 is 9.53 Å². The van der Waals surface area contributed by atoms with Crippen molar-refractivity contribution >= 4 is 39.2 Å². The van der Waals surface area contributed by atoms with Gasteiger partial charge in [-0.15, -0.1) is 0 Å². The maximum absolute atomic E-state index is 12.1. The van der Waals surface area contributed by atoms with Crippen LogP contribution in [-0.2, 0) is 6.54 Å². The summed E-state index contributed by atoms with van der Waals surface area (Å²) in [6, 6.07) is 14.9. The van der Waals surface area contributed by atoms with Gasteiger partial charge in [0.05, 0.1) is 6.10 Å². The number of hydrogen-bond acceptors (Lipinski definition) is 3. The molecule has 0 spiro atoms. The second kappa shape index (κ2) is 8.80. The van der Waals surface area contributed by atoms with Gasteiger partial charge in [0.1, 0.15) is 5.75 Å². The second-order valence-corrected chi connectivity index (χ2v) is 6.78. The predicted molar refractivity (Wildman–Crippen MR) is 103 cm³/mol. The quantitative estimate of drug-likeness (QED) is 0.735. The molecule has 2 aromatic carbocycles. The number of halogens is 1. The normalized spacial score (nSPS) is 10.3. The van der Waals surface area contributed by atoms with E-state index in [4.69, 9.17) is 17.0 Å². The summed E-state index contributed by atoms with van der Waals surface area (Å²) in [6.45, 7) is 4.50. The first-order chi connectivity index (χ1) is 11.4. The summed E-state index contributed by atoms with van der Waals surface area (Å²) < 4.78 is 6.44. The molecule has 0 aliphatic heterocycles. The van der Waals surface area contributed by atoms with Crippen LogP contribution in [0.1, 0.15) is 29.8 Å². The number of carbonyl (C=O) groups excluding carboxylic acids is 1. The SMILES string of the molecule is CC(C)Oc1ccc(CNC(=S)NC(=O)c2cccc(Br)c2)cc1. The highest BCUT2D eigenvalue weighted by atomic mass is 79.9. The molecule has 0 fully saturated rings. The van der Waals surface area contributed by atoms with Crippen LogP contribution in [0.4, 0.5) is 0 Å². The van der Waals surface area contributed by atoms with Crippen LogP contribution in [0.3, 0.4) is 0 Å². The fourth-order valence-electron chi connectivity index (χ4n) is 1.99. The van der Waals surface area contributed by atoms with Crippen molar-refractivity contribution in [3.8, 4) is 5.75 Å². The minimum atomic E-state index is -0.241. The average Bonchev–Trinajstić information content (AvgIpc) is 2.53. The van der Waals surface area contributed by atoms with Crippen molar-refractivity contribution in [2.45, 2.75) is 26.5 Å². The van der Waals surface area contributed by atoms with Crippen LogP contribution in [0.5, 0.6) is 5.75 Å². The lowest BCUT2D eigenvalue weighted by Gasteiger charge is -2.12. The zero-order chi connectivity index (χ0) is 17.5. The number of rotatable bonds is 5. The van der Waals surface area contributed by atoms with Gasteiger partial charge in [-0.2, -0.15) is 0 Å². The summed E-state index contributed by atoms with van der Waals surface area (Å²) in [5.41, 5.74) is 1.59. The second-order valence-electron chi connectivity index (χ2n) is 5.46. The number of ether oxygens (including phenoxy) is 1. The Morgan fingerprint density at radius 2 is 1.92 bits per heavy atom. The molecule has 1 amide bonds. The predicted octanol–water partition coefficient (Wildman–Crippen LogP) is 4.04. The molecule has 0 unspecified atom stereocenters. The highest BCUT2D eigenvalue weighted by Crippen LogP contribution is 2.14. The number of carbonyl (C=O) groups is 1. The van der Waals surface area contributed by atoms with Crippen LogP contribution >= 0.6 is 28.1 Å². The molecule has 2 rings (SSSR count). The van der Waals surface area contributed by atoms with Gasteiger partial charge in [-0.25, -0.2) is 0 Å². The lowest BCUT2D eigenvalue weighted by atomic mass is 10.2. The molecule has 0 bridgehead atoms. The van der Waals surface area contributed by atoms with Crippen molar-refractivity contribution in [2.75, 3.05) is 0 Å². The number of hydrogen-bond donors (Lipinski definition) is 2. The number of benzene rings is 2. The topological polar surface area (TPSA) is 50.4 Å². The van der Waals surface area contributed by atoms with Crippen molar-refractivity contribution in [1.29, 1.82) is 0 Å². The molecule has 24 heavy (non-hydrogen) atoms. The summed E-state index contributed by atoms with van der Waals surface area (Å²) in [5.74, 6) is 0.591. The molecular formula is C18H19BrN2O2S. The molecule has 0 atom stereocenters. The van der Waals surface area contributed by atoms with Crippen LogP contribution in [0.2, 0.25) is 0 Å². The van der Waals surface area contributed by atoms with Crippen LogP contribution in [0.25, 0.3) is 0 Å². The van der Waals surface area contributed by atoms with E-state index in [0.717, 1.165) is 15.8 Å². The van der Waals surface area contributed by atoms with E-state index in [2.05, 4.69) is 26.6 Å². The Hall–Kier alpha value is -1.92. The van der Waals surface area contributed by atoms with Crippen molar-refractivity contribution in [1.82, 2.24) is 10.6 Å². The van der Waals surface area contributed by atoms with Gasteiger partial charge in [0.25, 0.3) is 5.91 Å². The molecule has 0 saturated heterocycles. The van der Waals surface area contributed by atoms with Gasteiger partial charge in [-0.05, 0) is 62.0 Å². The van der Waals surface area contributed by atoms with E-state index in [1.54, 1.807) is 18.2 Å². The first kappa shape index (κ1) is 18.4. The minimum absolute atomic E-state index is 0.148. The maximum Gasteiger partial charge on any atom is 0.257 e. The summed E-state index contributed by atoms with van der Waals surface area (Å²) in [6.07, 6.45) is 0.148. The molecule has 126 valence electrons. The molecule has 6 heteroatoms. The molecule has 4 nitrogen and oxygen atoms in total. The zero-order valence-electron chi connectivity index (χ0n) is 13.5. The van der Waals surface area contributed by atoms with Crippen molar-refractivity contribution in [3.05, 3.63) is 64.1 Å². The van der Waals surface area contributed by atoms with Gasteiger partial charge >= 0.3 is 0 Å². The standard InChI is InChI=1S/C18H19BrN2O2S/c1-12(2)23-16-8-6-13(7-9-16)11-20-18(24)21-17(22)14-4-3-5-15(19)10-14/h3-10,12H,11H2,1-2H3,(H2,20,21,22,24). The molecule has 0 heterocycles. The summed E-state index contributed by atoms with van der Waals surface area (Å²) in [5, 5.41) is 5.98.